The summed E-state index contributed by atoms with van der Waals surface area (Å²) in [5.41, 5.74) is 0. The smallest absolute Gasteiger partial charge is 0.216 e. The predicted molar refractivity (Wildman–Crippen MR) is 48.6 cm³/mol. The lowest BCUT2D eigenvalue weighted by Crippen LogP contribution is -2.40. The van der Waals surface area contributed by atoms with Gasteiger partial charge in [0.25, 0.3) is 0 Å². The summed E-state index contributed by atoms with van der Waals surface area (Å²) in [6.07, 6.45) is 0. The van der Waals surface area contributed by atoms with Crippen molar-refractivity contribution >= 4 is 10.0 Å². The van der Waals surface area contributed by atoms with Crippen LogP contribution < -0.4 is 4.72 Å². The summed E-state index contributed by atoms with van der Waals surface area (Å²) in [7, 11) is -1.67. The van der Waals surface area contributed by atoms with Gasteiger partial charge in [0.1, 0.15) is 0 Å². The van der Waals surface area contributed by atoms with Crippen LogP contribution in [0.25, 0.3) is 0 Å². The molecule has 0 saturated heterocycles. The minimum absolute atomic E-state index is 0.329. The number of ether oxygens (including phenoxy) is 1. The van der Waals surface area contributed by atoms with E-state index in [-0.39, 0.29) is 0 Å². The van der Waals surface area contributed by atoms with Crippen molar-refractivity contribution in [2.75, 3.05) is 20.3 Å². The van der Waals surface area contributed by atoms with Gasteiger partial charge in [0.2, 0.25) is 10.0 Å². The Labute approximate surface area is 74.4 Å². The maximum absolute atomic E-state index is 11.4. The summed E-state index contributed by atoms with van der Waals surface area (Å²) in [6.45, 7) is 5.69. The Morgan fingerprint density at radius 3 is 2.17 bits per heavy atom. The maximum atomic E-state index is 11.4. The van der Waals surface area contributed by atoms with Crippen LogP contribution in [0.2, 0.25) is 0 Å². The van der Waals surface area contributed by atoms with Gasteiger partial charge in [-0.1, -0.05) is 0 Å². The number of nitrogens with one attached hydrogen (secondary N) is 1. The first-order valence-corrected chi connectivity index (χ1v) is 5.28. The van der Waals surface area contributed by atoms with E-state index in [0.29, 0.717) is 13.2 Å². The molecule has 74 valence electrons. The number of rotatable bonds is 4. The van der Waals surface area contributed by atoms with E-state index in [0.717, 1.165) is 0 Å². The van der Waals surface area contributed by atoms with Crippen LogP contribution in [0.1, 0.15) is 20.8 Å². The second-order valence-electron chi connectivity index (χ2n) is 3.50. The molecule has 0 fully saturated rings. The van der Waals surface area contributed by atoms with E-state index in [2.05, 4.69) is 4.72 Å². The number of hydrogen-bond acceptors (Lipinski definition) is 3. The molecular weight excluding hydrogens is 178 g/mol. The minimum Gasteiger partial charge on any atom is -0.383 e. The normalized spacial score (nSPS) is 13.3. The second-order valence-corrected chi connectivity index (χ2v) is 6.02. The van der Waals surface area contributed by atoms with Crippen molar-refractivity contribution in [3.05, 3.63) is 0 Å². The average molecular weight is 195 g/mol. The molecule has 5 heteroatoms. The molecule has 0 saturated carbocycles. The molecule has 0 spiro atoms. The molecule has 0 amide bonds. The zero-order chi connectivity index (χ0) is 9.83. The van der Waals surface area contributed by atoms with Gasteiger partial charge >= 0.3 is 0 Å². The van der Waals surface area contributed by atoms with Crippen LogP contribution in [0.15, 0.2) is 0 Å². The van der Waals surface area contributed by atoms with Gasteiger partial charge in [-0.3, -0.25) is 0 Å². The Balaban J connectivity index is 4.08. The standard InChI is InChI=1S/C7H17NO3S/c1-7(2,3)12(9,10)8-5-6-11-4/h8H,5-6H2,1-4H3. The maximum Gasteiger partial charge on any atom is 0.216 e. The largest absolute Gasteiger partial charge is 0.383 e. The summed E-state index contributed by atoms with van der Waals surface area (Å²) < 4.78 is 29.1. The van der Waals surface area contributed by atoms with Crippen molar-refractivity contribution in [2.24, 2.45) is 0 Å². The Kier molecular flexibility index (Phi) is 4.16. The molecule has 0 aromatic carbocycles. The van der Waals surface area contributed by atoms with Crippen LogP contribution in [-0.4, -0.2) is 33.4 Å². The van der Waals surface area contributed by atoms with Gasteiger partial charge in [-0.2, -0.15) is 0 Å². The average Bonchev–Trinajstić information content (AvgIpc) is 1.85. The van der Waals surface area contributed by atoms with E-state index >= 15 is 0 Å². The van der Waals surface area contributed by atoms with E-state index in [1.165, 1.54) is 7.11 Å². The molecule has 0 unspecified atom stereocenters. The van der Waals surface area contributed by atoms with Crippen LogP contribution in [0.3, 0.4) is 0 Å². The summed E-state index contributed by atoms with van der Waals surface area (Å²) in [5.74, 6) is 0. The molecular formula is C7H17NO3S. The lowest BCUT2D eigenvalue weighted by Gasteiger charge is -2.19. The third-order valence-corrected chi connectivity index (χ3v) is 3.60. The first-order valence-electron chi connectivity index (χ1n) is 3.79. The van der Waals surface area contributed by atoms with Gasteiger partial charge in [-0.25, -0.2) is 13.1 Å². The van der Waals surface area contributed by atoms with E-state index in [1.54, 1.807) is 20.8 Å². The van der Waals surface area contributed by atoms with Crippen LogP contribution >= 0.6 is 0 Å². The molecule has 0 bridgehead atoms. The zero-order valence-electron chi connectivity index (χ0n) is 8.05. The molecule has 0 aliphatic carbocycles. The van der Waals surface area contributed by atoms with Gasteiger partial charge in [0, 0.05) is 13.7 Å². The summed E-state index contributed by atoms with van der Waals surface area (Å²) in [5, 5.41) is 0. The quantitative estimate of drug-likeness (QED) is 0.659. The van der Waals surface area contributed by atoms with Crippen LogP contribution in [0.4, 0.5) is 0 Å². The molecule has 12 heavy (non-hydrogen) atoms. The molecule has 0 aliphatic heterocycles. The highest BCUT2D eigenvalue weighted by Crippen LogP contribution is 2.12. The topological polar surface area (TPSA) is 55.4 Å². The number of hydrogen-bond donors (Lipinski definition) is 1. The summed E-state index contributed by atoms with van der Waals surface area (Å²) in [4.78, 5) is 0. The van der Waals surface area contributed by atoms with Crippen LogP contribution in [0, 0.1) is 0 Å². The molecule has 0 aromatic heterocycles. The Bertz CT molecular complexity index is 215. The predicted octanol–water partition coefficient (Wildman–Crippen LogP) is 0.351. The first kappa shape index (κ1) is 11.9. The zero-order valence-corrected chi connectivity index (χ0v) is 8.86. The number of sulfonamides is 1. The highest BCUT2D eigenvalue weighted by Gasteiger charge is 2.27. The summed E-state index contributed by atoms with van der Waals surface area (Å²) in [6, 6.07) is 0. The molecule has 0 radical (unpaired) electrons. The molecule has 4 nitrogen and oxygen atoms in total. The Hall–Kier alpha value is -0.130. The monoisotopic (exact) mass is 195 g/mol. The van der Waals surface area contributed by atoms with E-state index in [4.69, 9.17) is 4.74 Å². The SMILES string of the molecule is COCCNS(=O)(=O)C(C)(C)C. The van der Waals surface area contributed by atoms with Crippen LogP contribution in [0.5, 0.6) is 0 Å². The van der Waals surface area contributed by atoms with Crippen molar-refractivity contribution in [1.29, 1.82) is 0 Å². The first-order chi connectivity index (χ1) is 5.31. The lowest BCUT2D eigenvalue weighted by molar-refractivity contribution is 0.204. The molecule has 0 heterocycles. The fraction of sp³-hybridized carbons (Fsp3) is 1.00. The third-order valence-electron chi connectivity index (χ3n) is 1.40. The Morgan fingerprint density at radius 2 is 1.83 bits per heavy atom. The highest BCUT2D eigenvalue weighted by atomic mass is 32.2. The van der Waals surface area contributed by atoms with Gasteiger partial charge in [0.15, 0.2) is 0 Å². The van der Waals surface area contributed by atoms with Gasteiger partial charge in [0.05, 0.1) is 11.4 Å². The van der Waals surface area contributed by atoms with Crippen molar-refractivity contribution in [2.45, 2.75) is 25.5 Å². The van der Waals surface area contributed by atoms with E-state index in [1.807, 2.05) is 0 Å². The third kappa shape index (κ3) is 3.51. The fourth-order valence-corrected chi connectivity index (χ4v) is 1.28. The van der Waals surface area contributed by atoms with Crippen molar-refractivity contribution in [1.82, 2.24) is 4.72 Å². The highest BCUT2D eigenvalue weighted by molar-refractivity contribution is 7.90. The lowest BCUT2D eigenvalue weighted by atomic mass is 10.3. The molecule has 1 N–H and O–H groups in total. The molecule has 0 aliphatic rings. The van der Waals surface area contributed by atoms with Crippen molar-refractivity contribution in [3.63, 3.8) is 0 Å². The van der Waals surface area contributed by atoms with Crippen molar-refractivity contribution < 1.29 is 13.2 Å². The van der Waals surface area contributed by atoms with Gasteiger partial charge < -0.3 is 4.74 Å². The second kappa shape index (κ2) is 4.20. The fourth-order valence-electron chi connectivity index (χ4n) is 0.495. The van der Waals surface area contributed by atoms with Crippen LogP contribution in [-0.2, 0) is 14.8 Å². The Morgan fingerprint density at radius 1 is 1.33 bits per heavy atom. The van der Waals surface area contributed by atoms with Gasteiger partial charge in [-0.15, -0.1) is 0 Å². The minimum atomic E-state index is -3.20. The molecule has 0 rings (SSSR count). The van der Waals surface area contributed by atoms with Crippen molar-refractivity contribution in [3.8, 4) is 0 Å². The van der Waals surface area contributed by atoms with E-state index < -0.39 is 14.8 Å². The van der Waals surface area contributed by atoms with E-state index in [9.17, 15) is 8.42 Å². The number of methoxy groups -OCH3 is 1. The van der Waals surface area contributed by atoms with Gasteiger partial charge in [-0.05, 0) is 20.8 Å². The molecule has 0 aromatic rings. The molecule has 0 atom stereocenters. The summed E-state index contributed by atoms with van der Waals surface area (Å²) >= 11 is 0.